The SMILES string of the molecule is CCCCCC=C(c1cc(Cl)c(C)c(/C(C#N)=N/O)c1)c1cc(Cl)c(C)c(/C(C#N)=N/O)c1. The van der Waals surface area contributed by atoms with Crippen molar-refractivity contribution in [1.82, 2.24) is 0 Å². The monoisotopic (exact) mass is 482 g/mol. The molecule has 0 atom stereocenters. The summed E-state index contributed by atoms with van der Waals surface area (Å²) < 4.78 is 0. The van der Waals surface area contributed by atoms with E-state index in [1.807, 2.05) is 12.1 Å². The Bertz CT molecular complexity index is 1130. The maximum absolute atomic E-state index is 9.38. The van der Waals surface area contributed by atoms with Gasteiger partial charge in [0.1, 0.15) is 12.1 Å². The van der Waals surface area contributed by atoms with Gasteiger partial charge >= 0.3 is 0 Å². The number of hydrogen-bond donors (Lipinski definition) is 2. The Labute approximate surface area is 203 Å². The van der Waals surface area contributed by atoms with Crippen LogP contribution >= 0.6 is 23.2 Å². The summed E-state index contributed by atoms with van der Waals surface area (Å²) in [6, 6.07) is 10.8. The van der Waals surface area contributed by atoms with E-state index < -0.39 is 0 Å². The smallest absolute Gasteiger partial charge is 0.187 e. The molecule has 0 fully saturated rings. The molecule has 0 heterocycles. The van der Waals surface area contributed by atoms with Crippen molar-refractivity contribution in [3.05, 3.63) is 73.8 Å². The average molecular weight is 483 g/mol. The summed E-state index contributed by atoms with van der Waals surface area (Å²) in [4.78, 5) is 0. The fourth-order valence-electron chi connectivity index (χ4n) is 3.48. The van der Waals surface area contributed by atoms with Crippen molar-refractivity contribution in [2.45, 2.75) is 46.5 Å². The largest absolute Gasteiger partial charge is 0.410 e. The quantitative estimate of drug-likeness (QED) is 0.182. The molecule has 0 radical (unpaired) electrons. The van der Waals surface area contributed by atoms with Crippen LogP contribution in [0.15, 0.2) is 40.7 Å². The van der Waals surface area contributed by atoms with E-state index >= 15 is 0 Å². The van der Waals surface area contributed by atoms with Gasteiger partial charge in [-0.2, -0.15) is 10.5 Å². The first-order valence-corrected chi connectivity index (χ1v) is 11.1. The first-order chi connectivity index (χ1) is 15.8. The van der Waals surface area contributed by atoms with Gasteiger partial charge in [0.2, 0.25) is 0 Å². The zero-order valence-electron chi connectivity index (χ0n) is 18.7. The van der Waals surface area contributed by atoms with E-state index in [2.05, 4.69) is 23.3 Å². The number of halogens is 2. The van der Waals surface area contributed by atoms with Crippen molar-refractivity contribution in [2.75, 3.05) is 0 Å². The molecule has 8 heteroatoms. The second kappa shape index (κ2) is 12.1. The van der Waals surface area contributed by atoms with Crippen molar-refractivity contribution in [1.29, 1.82) is 10.5 Å². The topological polar surface area (TPSA) is 113 Å². The summed E-state index contributed by atoms with van der Waals surface area (Å²) in [5.41, 5.74) is 3.92. The Balaban J connectivity index is 2.81. The van der Waals surface area contributed by atoms with Crippen LogP contribution in [0.1, 0.15) is 66.0 Å². The molecule has 0 aliphatic carbocycles. The molecule has 0 bridgehead atoms. The van der Waals surface area contributed by atoms with E-state index in [0.29, 0.717) is 43.4 Å². The van der Waals surface area contributed by atoms with Crippen LogP contribution in [0.2, 0.25) is 10.0 Å². The summed E-state index contributed by atoms with van der Waals surface area (Å²) >= 11 is 13.0. The van der Waals surface area contributed by atoms with Gasteiger partial charge in [-0.15, -0.1) is 0 Å². The molecule has 170 valence electrons. The summed E-state index contributed by atoms with van der Waals surface area (Å²) in [5.74, 6) is 0. The zero-order valence-corrected chi connectivity index (χ0v) is 20.2. The molecule has 0 aliphatic heterocycles. The van der Waals surface area contributed by atoms with Gasteiger partial charge < -0.3 is 10.4 Å². The maximum Gasteiger partial charge on any atom is 0.187 e. The number of allylic oxidation sites excluding steroid dienone is 1. The highest BCUT2D eigenvalue weighted by Gasteiger charge is 2.18. The van der Waals surface area contributed by atoms with E-state index in [9.17, 15) is 20.9 Å². The first kappa shape index (κ1) is 25.9. The second-order valence-corrected chi connectivity index (χ2v) is 8.31. The van der Waals surface area contributed by atoms with Crippen LogP contribution in [-0.2, 0) is 0 Å². The number of rotatable bonds is 8. The van der Waals surface area contributed by atoms with E-state index in [4.69, 9.17) is 23.2 Å². The van der Waals surface area contributed by atoms with Crippen LogP contribution < -0.4 is 0 Å². The van der Waals surface area contributed by atoms with Gasteiger partial charge in [-0.05, 0) is 78.8 Å². The van der Waals surface area contributed by atoms with Crippen LogP contribution in [-0.4, -0.2) is 21.8 Å². The summed E-state index contributed by atoms with van der Waals surface area (Å²) in [6.45, 7) is 5.61. The molecule has 2 aromatic carbocycles. The van der Waals surface area contributed by atoms with Gasteiger partial charge in [-0.25, -0.2) is 0 Å². The lowest BCUT2D eigenvalue weighted by Crippen LogP contribution is -2.05. The van der Waals surface area contributed by atoms with Crippen LogP contribution in [0.4, 0.5) is 0 Å². The number of oxime groups is 2. The van der Waals surface area contributed by atoms with Gasteiger partial charge in [0, 0.05) is 21.2 Å². The lowest BCUT2D eigenvalue weighted by molar-refractivity contribution is 0.320. The molecule has 33 heavy (non-hydrogen) atoms. The van der Waals surface area contributed by atoms with Crippen LogP contribution in [0, 0.1) is 36.5 Å². The lowest BCUT2D eigenvalue weighted by Gasteiger charge is -2.16. The van der Waals surface area contributed by atoms with E-state index in [-0.39, 0.29) is 11.4 Å². The van der Waals surface area contributed by atoms with Crippen LogP contribution in [0.25, 0.3) is 5.57 Å². The lowest BCUT2D eigenvalue weighted by atomic mass is 9.90. The maximum atomic E-state index is 9.38. The van der Waals surface area contributed by atoms with Gasteiger partial charge in [-0.1, -0.05) is 59.4 Å². The highest BCUT2D eigenvalue weighted by Crippen LogP contribution is 2.34. The van der Waals surface area contributed by atoms with Crippen LogP contribution in [0.3, 0.4) is 0 Å². The molecule has 0 unspecified atom stereocenters. The van der Waals surface area contributed by atoms with Gasteiger partial charge in [-0.3, -0.25) is 0 Å². The normalized spacial score (nSPS) is 11.6. The average Bonchev–Trinajstić information content (AvgIpc) is 2.80. The minimum Gasteiger partial charge on any atom is -0.410 e. The molecular weight excluding hydrogens is 459 g/mol. The molecule has 0 saturated heterocycles. The third-order valence-corrected chi connectivity index (χ3v) is 6.17. The van der Waals surface area contributed by atoms with Gasteiger partial charge in [0.05, 0.1) is 0 Å². The molecular formula is C25H24Cl2N4O2. The van der Waals surface area contributed by atoms with Crippen LogP contribution in [0.5, 0.6) is 0 Å². The van der Waals surface area contributed by atoms with Crippen molar-refractivity contribution in [3.8, 4) is 12.1 Å². The predicted molar refractivity (Wildman–Crippen MR) is 131 cm³/mol. The van der Waals surface area contributed by atoms with Crippen molar-refractivity contribution in [2.24, 2.45) is 10.3 Å². The Morgan fingerprint density at radius 3 is 1.70 bits per heavy atom. The number of hydrogen-bond acceptors (Lipinski definition) is 6. The van der Waals surface area contributed by atoms with Gasteiger partial charge in [0.15, 0.2) is 11.4 Å². The van der Waals surface area contributed by atoms with Crippen molar-refractivity contribution >= 4 is 40.2 Å². The second-order valence-electron chi connectivity index (χ2n) is 7.50. The number of nitriles is 2. The van der Waals surface area contributed by atoms with E-state index in [1.54, 1.807) is 38.1 Å². The highest BCUT2D eigenvalue weighted by atomic mass is 35.5. The van der Waals surface area contributed by atoms with E-state index in [1.165, 1.54) is 0 Å². The summed E-state index contributed by atoms with van der Waals surface area (Å²) in [6.07, 6.45) is 5.94. The number of benzene rings is 2. The number of unbranched alkanes of at least 4 members (excludes halogenated alkanes) is 3. The summed E-state index contributed by atoms with van der Waals surface area (Å²) in [7, 11) is 0. The molecule has 0 aliphatic rings. The molecule has 2 N–H and O–H groups in total. The molecule has 6 nitrogen and oxygen atoms in total. The highest BCUT2D eigenvalue weighted by molar-refractivity contribution is 6.33. The molecule has 0 saturated carbocycles. The third kappa shape index (κ3) is 5.93. The van der Waals surface area contributed by atoms with Gasteiger partial charge in [0.25, 0.3) is 0 Å². The molecule has 2 aromatic rings. The van der Waals surface area contributed by atoms with Crippen molar-refractivity contribution < 1.29 is 10.4 Å². The Kier molecular flexibility index (Phi) is 9.48. The zero-order chi connectivity index (χ0) is 24.5. The summed E-state index contributed by atoms with van der Waals surface area (Å²) in [5, 5.41) is 44.3. The Morgan fingerprint density at radius 1 is 0.879 bits per heavy atom. The minimum absolute atomic E-state index is 0.150. The fraction of sp³-hybridized carbons (Fsp3) is 0.280. The standard InChI is InChI=1S/C25H24Cl2N4O2/c1-4-5-6-7-8-19(17-9-20(24(13-28)30-32)15(2)22(26)11-17)18-10-21(25(14-29)31-33)16(3)23(27)12-18/h8-12,32-33H,4-7H2,1-3H3/b30-24+,31-25+. The first-order valence-electron chi connectivity index (χ1n) is 10.4. The third-order valence-electron chi connectivity index (χ3n) is 5.39. The fourth-order valence-corrected chi connectivity index (χ4v) is 3.92. The molecule has 0 spiro atoms. The minimum atomic E-state index is -0.150. The van der Waals surface area contributed by atoms with Crippen molar-refractivity contribution in [3.63, 3.8) is 0 Å². The van der Waals surface area contributed by atoms with E-state index in [0.717, 1.165) is 31.3 Å². The molecule has 0 amide bonds. The molecule has 0 aromatic heterocycles. The molecule has 2 rings (SSSR count). The number of nitrogens with zero attached hydrogens (tertiary/aromatic N) is 4. The predicted octanol–water partition coefficient (Wildman–Crippen LogP) is 7.03. The Hall–Kier alpha value is -3.32. The Morgan fingerprint density at radius 2 is 1.33 bits per heavy atom.